The normalized spacial score (nSPS) is 18.7. The van der Waals surface area contributed by atoms with E-state index in [9.17, 15) is 4.79 Å². The predicted molar refractivity (Wildman–Crippen MR) is 107 cm³/mol. The molecule has 8 heteroatoms. The molecule has 2 aliphatic rings. The highest BCUT2D eigenvalue weighted by molar-refractivity contribution is 5.74. The fourth-order valence-corrected chi connectivity index (χ4v) is 3.56. The molecule has 0 bridgehead atoms. The summed E-state index contributed by atoms with van der Waals surface area (Å²) in [6, 6.07) is 5.67. The number of carbonyl (C=O) groups is 1. The number of hydrogen-bond donors (Lipinski definition) is 1. The Kier molecular flexibility index (Phi) is 7.76. The van der Waals surface area contributed by atoms with Gasteiger partial charge < -0.3 is 24.4 Å². The fraction of sp³-hybridized carbons (Fsp3) is 0.650. The second-order valence-electron chi connectivity index (χ2n) is 7.13. The van der Waals surface area contributed by atoms with E-state index in [4.69, 9.17) is 14.2 Å². The maximum atomic E-state index is 12.5. The Morgan fingerprint density at radius 1 is 0.964 bits per heavy atom. The lowest BCUT2D eigenvalue weighted by Gasteiger charge is -2.36. The van der Waals surface area contributed by atoms with Gasteiger partial charge in [0.15, 0.2) is 11.5 Å². The number of nitrogens with one attached hydrogen (secondary N) is 1. The summed E-state index contributed by atoms with van der Waals surface area (Å²) >= 11 is 0. The van der Waals surface area contributed by atoms with Crippen molar-refractivity contribution in [3.63, 3.8) is 0 Å². The molecule has 2 saturated heterocycles. The van der Waals surface area contributed by atoms with E-state index in [2.05, 4.69) is 15.1 Å². The van der Waals surface area contributed by atoms with E-state index in [1.54, 1.807) is 14.2 Å². The van der Waals surface area contributed by atoms with E-state index in [1.807, 2.05) is 23.1 Å². The summed E-state index contributed by atoms with van der Waals surface area (Å²) in [5, 5.41) is 3.01. The van der Waals surface area contributed by atoms with Gasteiger partial charge in [-0.05, 0) is 17.7 Å². The number of amides is 2. The largest absolute Gasteiger partial charge is 0.493 e. The molecule has 2 amide bonds. The summed E-state index contributed by atoms with van der Waals surface area (Å²) in [7, 11) is 3.22. The van der Waals surface area contributed by atoms with Gasteiger partial charge in [0.05, 0.1) is 27.4 Å². The first kappa shape index (κ1) is 20.7. The number of rotatable bonds is 7. The van der Waals surface area contributed by atoms with E-state index in [1.165, 1.54) is 0 Å². The van der Waals surface area contributed by atoms with Crippen LogP contribution in [0.15, 0.2) is 18.2 Å². The van der Waals surface area contributed by atoms with Crippen LogP contribution in [0.3, 0.4) is 0 Å². The summed E-state index contributed by atoms with van der Waals surface area (Å²) in [6.45, 7) is 9.72. The maximum absolute atomic E-state index is 12.5. The zero-order chi connectivity index (χ0) is 19.8. The molecule has 0 atom stereocenters. The number of urea groups is 1. The molecule has 28 heavy (non-hydrogen) atoms. The minimum absolute atomic E-state index is 0.0115. The monoisotopic (exact) mass is 392 g/mol. The molecule has 1 N–H and O–H groups in total. The van der Waals surface area contributed by atoms with Crippen molar-refractivity contribution in [1.82, 2.24) is 20.0 Å². The van der Waals surface area contributed by atoms with Gasteiger partial charge in [-0.25, -0.2) is 4.79 Å². The van der Waals surface area contributed by atoms with Crippen LogP contribution in [-0.4, -0.2) is 101 Å². The van der Waals surface area contributed by atoms with Crippen LogP contribution in [0.1, 0.15) is 5.56 Å². The Balaban J connectivity index is 1.38. The number of piperazine rings is 1. The molecular formula is C20H32N4O4. The van der Waals surface area contributed by atoms with Gasteiger partial charge >= 0.3 is 6.03 Å². The molecule has 0 spiro atoms. The fourth-order valence-electron chi connectivity index (χ4n) is 3.56. The second kappa shape index (κ2) is 10.5. The average molecular weight is 393 g/mol. The molecule has 0 aromatic heterocycles. The molecule has 8 nitrogen and oxygen atoms in total. The molecule has 3 rings (SSSR count). The molecule has 2 heterocycles. The highest BCUT2D eigenvalue weighted by Crippen LogP contribution is 2.27. The Hall–Kier alpha value is -2.03. The maximum Gasteiger partial charge on any atom is 0.317 e. The number of benzene rings is 1. The molecular weight excluding hydrogens is 360 g/mol. The van der Waals surface area contributed by atoms with Crippen LogP contribution in [0.25, 0.3) is 0 Å². The summed E-state index contributed by atoms with van der Waals surface area (Å²) in [5.41, 5.74) is 0.982. The van der Waals surface area contributed by atoms with Crippen molar-refractivity contribution in [2.24, 2.45) is 0 Å². The molecule has 156 valence electrons. The Bertz CT molecular complexity index is 629. The van der Waals surface area contributed by atoms with Gasteiger partial charge in [0.25, 0.3) is 0 Å². The molecule has 2 aliphatic heterocycles. The van der Waals surface area contributed by atoms with Crippen molar-refractivity contribution in [3.8, 4) is 11.5 Å². The summed E-state index contributed by atoms with van der Waals surface area (Å²) in [5.74, 6) is 1.36. The molecule has 0 aliphatic carbocycles. The number of ether oxygens (including phenoxy) is 3. The molecule has 1 aromatic carbocycles. The summed E-state index contributed by atoms with van der Waals surface area (Å²) < 4.78 is 16.0. The van der Waals surface area contributed by atoms with Crippen molar-refractivity contribution < 1.29 is 19.0 Å². The third kappa shape index (κ3) is 5.73. The Morgan fingerprint density at radius 3 is 2.25 bits per heavy atom. The van der Waals surface area contributed by atoms with E-state index in [-0.39, 0.29) is 6.03 Å². The highest BCUT2D eigenvalue weighted by atomic mass is 16.5. The molecule has 2 fully saturated rings. The van der Waals surface area contributed by atoms with Crippen molar-refractivity contribution in [2.45, 2.75) is 6.54 Å². The Labute approximate surface area is 167 Å². The molecule has 0 saturated carbocycles. The minimum atomic E-state index is -0.0115. The number of methoxy groups -OCH3 is 2. The van der Waals surface area contributed by atoms with Crippen molar-refractivity contribution in [3.05, 3.63) is 23.8 Å². The number of hydrogen-bond acceptors (Lipinski definition) is 6. The van der Waals surface area contributed by atoms with Gasteiger partial charge in [0.2, 0.25) is 0 Å². The van der Waals surface area contributed by atoms with Crippen molar-refractivity contribution in [2.75, 3.05) is 79.8 Å². The van der Waals surface area contributed by atoms with Gasteiger partial charge in [0, 0.05) is 58.9 Å². The second-order valence-corrected chi connectivity index (χ2v) is 7.13. The summed E-state index contributed by atoms with van der Waals surface area (Å²) in [4.78, 5) is 19.3. The quantitative estimate of drug-likeness (QED) is 0.743. The molecule has 0 radical (unpaired) electrons. The van der Waals surface area contributed by atoms with Gasteiger partial charge in [-0.15, -0.1) is 0 Å². The predicted octanol–water partition coefficient (Wildman–Crippen LogP) is 0.863. The lowest BCUT2D eigenvalue weighted by molar-refractivity contribution is 0.0309. The van der Waals surface area contributed by atoms with Crippen LogP contribution in [0, 0.1) is 0 Å². The highest BCUT2D eigenvalue weighted by Gasteiger charge is 2.21. The molecule has 0 unspecified atom stereocenters. The topological polar surface area (TPSA) is 66.5 Å². The van der Waals surface area contributed by atoms with E-state index >= 15 is 0 Å². The lowest BCUT2D eigenvalue weighted by Crippen LogP contribution is -2.53. The number of morpholine rings is 1. The van der Waals surface area contributed by atoms with Crippen molar-refractivity contribution in [1.29, 1.82) is 0 Å². The van der Waals surface area contributed by atoms with Gasteiger partial charge in [0.1, 0.15) is 0 Å². The first-order valence-corrected chi connectivity index (χ1v) is 9.95. The zero-order valence-corrected chi connectivity index (χ0v) is 17.0. The Morgan fingerprint density at radius 2 is 1.61 bits per heavy atom. The minimum Gasteiger partial charge on any atom is -0.493 e. The van der Waals surface area contributed by atoms with Gasteiger partial charge in [-0.1, -0.05) is 6.07 Å². The third-order valence-corrected chi connectivity index (χ3v) is 5.39. The lowest BCUT2D eigenvalue weighted by atomic mass is 10.2. The van der Waals surface area contributed by atoms with E-state index < -0.39 is 0 Å². The smallest absolute Gasteiger partial charge is 0.317 e. The third-order valence-electron chi connectivity index (χ3n) is 5.39. The molecule has 1 aromatic rings. The van der Waals surface area contributed by atoms with Crippen LogP contribution in [0.4, 0.5) is 4.79 Å². The van der Waals surface area contributed by atoms with E-state index in [0.29, 0.717) is 18.0 Å². The van der Waals surface area contributed by atoms with Crippen LogP contribution in [0.2, 0.25) is 0 Å². The number of carbonyl (C=O) groups excluding carboxylic acids is 1. The van der Waals surface area contributed by atoms with Crippen LogP contribution >= 0.6 is 0 Å². The zero-order valence-electron chi connectivity index (χ0n) is 17.0. The van der Waals surface area contributed by atoms with Crippen molar-refractivity contribution >= 4 is 6.03 Å². The first-order valence-electron chi connectivity index (χ1n) is 9.95. The summed E-state index contributed by atoms with van der Waals surface area (Å²) in [6.07, 6.45) is 0. The van der Waals surface area contributed by atoms with Gasteiger partial charge in [-0.3, -0.25) is 9.80 Å². The standard InChI is InChI=1S/C20H32N4O4/c1-26-18-4-3-17(15-19(18)27-2)16-21-20(25)24-9-7-22(8-10-24)5-6-23-11-13-28-14-12-23/h3-4,15H,5-14,16H2,1-2H3,(H,21,25). The average Bonchev–Trinajstić information content (AvgIpc) is 2.76. The van der Waals surface area contributed by atoms with Crippen LogP contribution < -0.4 is 14.8 Å². The van der Waals surface area contributed by atoms with Crippen LogP contribution in [0.5, 0.6) is 11.5 Å². The van der Waals surface area contributed by atoms with Gasteiger partial charge in [-0.2, -0.15) is 0 Å². The van der Waals surface area contributed by atoms with Crippen LogP contribution in [-0.2, 0) is 11.3 Å². The first-order chi connectivity index (χ1) is 13.7. The van der Waals surface area contributed by atoms with E-state index in [0.717, 1.165) is 71.1 Å². The number of nitrogens with zero attached hydrogens (tertiary/aromatic N) is 3. The SMILES string of the molecule is COc1ccc(CNC(=O)N2CCN(CCN3CCOCC3)CC2)cc1OC.